The molecule has 2 fully saturated rings. The number of carbonyl (C=O) groups excluding carboxylic acids is 2. The van der Waals surface area contributed by atoms with E-state index in [1.54, 1.807) is 30.5 Å². The van der Waals surface area contributed by atoms with Gasteiger partial charge in [-0.2, -0.15) is 0 Å². The summed E-state index contributed by atoms with van der Waals surface area (Å²) in [7, 11) is 3.56. The molecule has 2 saturated heterocycles. The van der Waals surface area contributed by atoms with Crippen molar-refractivity contribution in [1.29, 1.82) is 0 Å². The number of anilines is 2. The van der Waals surface area contributed by atoms with Crippen LogP contribution in [0.3, 0.4) is 0 Å². The van der Waals surface area contributed by atoms with Crippen LogP contribution < -0.4 is 15.0 Å². The molecular weight excluding hydrogens is 370 g/mol. The fourth-order valence-electron chi connectivity index (χ4n) is 4.08. The van der Waals surface area contributed by atoms with E-state index in [0.29, 0.717) is 37.6 Å². The van der Waals surface area contributed by atoms with Gasteiger partial charge in [0.25, 0.3) is 0 Å². The maximum atomic E-state index is 12.8. The molecule has 2 aliphatic rings. The van der Waals surface area contributed by atoms with E-state index in [1.165, 1.54) is 0 Å². The molecule has 152 valence electrons. The Morgan fingerprint density at radius 1 is 1.24 bits per heavy atom. The standard InChI is InChI=1S/C21H25N5O3/c1-24-13-19(27)26(17-6-4-9-22-12-17)15-21(24)8-10-25(14-21)20(28)23-16-5-3-7-18(11-16)29-2/h3-7,9,11-12H,8,10,13-15H2,1-2H3,(H,23,28)/t21-/m0/s1. The summed E-state index contributed by atoms with van der Waals surface area (Å²) in [6.07, 6.45) is 4.21. The summed E-state index contributed by atoms with van der Waals surface area (Å²) < 4.78 is 5.22. The number of benzene rings is 1. The first kappa shape index (κ1) is 19.2. The number of carbonyl (C=O) groups is 2. The van der Waals surface area contributed by atoms with Crippen molar-refractivity contribution in [3.05, 3.63) is 48.8 Å². The average Bonchev–Trinajstić information content (AvgIpc) is 3.17. The van der Waals surface area contributed by atoms with Crippen molar-refractivity contribution in [2.75, 3.05) is 50.6 Å². The van der Waals surface area contributed by atoms with Crippen molar-refractivity contribution in [3.8, 4) is 5.75 Å². The summed E-state index contributed by atoms with van der Waals surface area (Å²) in [5.41, 5.74) is 1.22. The van der Waals surface area contributed by atoms with Crippen LogP contribution in [0.15, 0.2) is 48.8 Å². The number of methoxy groups -OCH3 is 1. The highest BCUT2D eigenvalue weighted by molar-refractivity contribution is 5.96. The lowest BCUT2D eigenvalue weighted by Gasteiger charge is -2.46. The zero-order chi connectivity index (χ0) is 20.4. The monoisotopic (exact) mass is 395 g/mol. The second-order valence-corrected chi connectivity index (χ2v) is 7.61. The van der Waals surface area contributed by atoms with Gasteiger partial charge >= 0.3 is 6.03 Å². The predicted molar refractivity (Wildman–Crippen MR) is 110 cm³/mol. The Kier molecular flexibility index (Phi) is 5.10. The minimum atomic E-state index is -0.268. The Morgan fingerprint density at radius 3 is 2.86 bits per heavy atom. The average molecular weight is 395 g/mol. The quantitative estimate of drug-likeness (QED) is 0.861. The number of hydrogen-bond acceptors (Lipinski definition) is 5. The van der Waals surface area contributed by atoms with Gasteiger partial charge in [-0.05, 0) is 37.7 Å². The topological polar surface area (TPSA) is 78.0 Å². The molecule has 1 N–H and O–H groups in total. The van der Waals surface area contributed by atoms with E-state index in [1.807, 2.05) is 42.3 Å². The number of hydrogen-bond donors (Lipinski definition) is 1. The molecule has 1 spiro atoms. The van der Waals surface area contributed by atoms with E-state index in [0.717, 1.165) is 12.1 Å². The van der Waals surface area contributed by atoms with E-state index in [2.05, 4.69) is 15.2 Å². The number of amides is 3. The Labute approximate surface area is 170 Å². The van der Waals surface area contributed by atoms with Gasteiger partial charge in [0.15, 0.2) is 0 Å². The van der Waals surface area contributed by atoms with Crippen LogP contribution in [0.1, 0.15) is 6.42 Å². The summed E-state index contributed by atoms with van der Waals surface area (Å²) in [4.78, 5) is 35.3. The maximum absolute atomic E-state index is 12.8. The van der Waals surface area contributed by atoms with E-state index in [4.69, 9.17) is 4.74 Å². The van der Waals surface area contributed by atoms with Gasteiger partial charge in [0.1, 0.15) is 5.75 Å². The van der Waals surface area contributed by atoms with Crippen molar-refractivity contribution in [2.45, 2.75) is 12.0 Å². The summed E-state index contributed by atoms with van der Waals surface area (Å²) in [6, 6.07) is 10.9. The highest BCUT2D eigenvalue weighted by Gasteiger charge is 2.48. The van der Waals surface area contributed by atoms with Gasteiger partial charge < -0.3 is 19.9 Å². The number of urea groups is 1. The number of rotatable bonds is 3. The van der Waals surface area contributed by atoms with Crippen molar-refractivity contribution in [2.24, 2.45) is 0 Å². The molecule has 8 nitrogen and oxygen atoms in total. The van der Waals surface area contributed by atoms with Gasteiger partial charge in [0.05, 0.1) is 31.1 Å². The molecule has 3 amide bonds. The molecule has 0 unspecified atom stereocenters. The van der Waals surface area contributed by atoms with E-state index in [-0.39, 0.29) is 17.5 Å². The van der Waals surface area contributed by atoms with Crippen LogP contribution in [0.2, 0.25) is 0 Å². The Hall–Kier alpha value is -3.13. The SMILES string of the molecule is COc1cccc(NC(=O)N2CC[C@]3(C2)CN(c2cccnc2)C(=O)CN3C)c1. The maximum Gasteiger partial charge on any atom is 0.321 e. The second-order valence-electron chi connectivity index (χ2n) is 7.61. The van der Waals surface area contributed by atoms with Gasteiger partial charge in [-0.1, -0.05) is 6.07 Å². The van der Waals surface area contributed by atoms with Crippen LogP contribution >= 0.6 is 0 Å². The lowest BCUT2D eigenvalue weighted by atomic mass is 9.92. The summed E-state index contributed by atoms with van der Waals surface area (Å²) in [5, 5.41) is 2.95. The fourth-order valence-corrected chi connectivity index (χ4v) is 4.08. The first-order valence-electron chi connectivity index (χ1n) is 9.62. The number of nitrogens with one attached hydrogen (secondary N) is 1. The molecule has 0 bridgehead atoms. The van der Waals surface area contributed by atoms with Crippen LogP contribution in [0.5, 0.6) is 5.75 Å². The number of piperazine rings is 1. The number of ether oxygens (including phenoxy) is 1. The third-order valence-electron chi connectivity index (χ3n) is 5.83. The summed E-state index contributed by atoms with van der Waals surface area (Å²) in [5.74, 6) is 0.740. The zero-order valence-electron chi connectivity index (χ0n) is 16.7. The highest BCUT2D eigenvalue weighted by Crippen LogP contribution is 2.33. The summed E-state index contributed by atoms with van der Waals surface area (Å²) >= 11 is 0. The lowest BCUT2D eigenvalue weighted by molar-refractivity contribution is -0.123. The van der Waals surface area contributed by atoms with Gasteiger partial charge in [-0.3, -0.25) is 14.7 Å². The van der Waals surface area contributed by atoms with Crippen molar-refractivity contribution in [1.82, 2.24) is 14.8 Å². The molecule has 2 aromatic rings. The molecule has 1 aromatic heterocycles. The zero-order valence-corrected chi connectivity index (χ0v) is 16.7. The Bertz CT molecular complexity index is 906. The minimum Gasteiger partial charge on any atom is -0.497 e. The Morgan fingerprint density at radius 2 is 2.10 bits per heavy atom. The molecule has 0 saturated carbocycles. The van der Waals surface area contributed by atoms with Gasteiger partial charge in [0, 0.05) is 37.6 Å². The number of nitrogens with zero attached hydrogens (tertiary/aromatic N) is 4. The van der Waals surface area contributed by atoms with Crippen LogP contribution in [0, 0.1) is 0 Å². The predicted octanol–water partition coefficient (Wildman–Crippen LogP) is 2.05. The fraction of sp³-hybridized carbons (Fsp3) is 0.381. The smallest absolute Gasteiger partial charge is 0.321 e. The summed E-state index contributed by atoms with van der Waals surface area (Å²) in [6.45, 7) is 2.05. The normalized spacial score (nSPS) is 22.2. The van der Waals surface area contributed by atoms with Crippen molar-refractivity contribution >= 4 is 23.3 Å². The van der Waals surface area contributed by atoms with Crippen LogP contribution in [-0.4, -0.2) is 72.6 Å². The number of likely N-dealkylation sites (N-methyl/N-ethyl adjacent to an activating group) is 1. The molecule has 0 aliphatic carbocycles. The molecule has 2 aliphatic heterocycles. The number of aromatic nitrogens is 1. The number of pyridine rings is 1. The van der Waals surface area contributed by atoms with Crippen LogP contribution in [0.25, 0.3) is 0 Å². The van der Waals surface area contributed by atoms with E-state index >= 15 is 0 Å². The number of likely N-dealkylation sites (tertiary alicyclic amines) is 1. The molecule has 8 heteroatoms. The first-order chi connectivity index (χ1) is 14.0. The molecular formula is C21H25N5O3. The largest absolute Gasteiger partial charge is 0.497 e. The molecule has 3 heterocycles. The van der Waals surface area contributed by atoms with Gasteiger partial charge in [-0.15, -0.1) is 0 Å². The van der Waals surface area contributed by atoms with Gasteiger partial charge in [-0.25, -0.2) is 4.79 Å². The molecule has 1 aromatic carbocycles. The van der Waals surface area contributed by atoms with Crippen molar-refractivity contribution in [3.63, 3.8) is 0 Å². The van der Waals surface area contributed by atoms with E-state index in [9.17, 15) is 9.59 Å². The lowest BCUT2D eigenvalue weighted by Crippen LogP contribution is -2.64. The third-order valence-corrected chi connectivity index (χ3v) is 5.83. The second kappa shape index (κ2) is 7.71. The van der Waals surface area contributed by atoms with Crippen molar-refractivity contribution < 1.29 is 14.3 Å². The molecule has 1 atom stereocenters. The minimum absolute atomic E-state index is 0.0467. The molecule has 4 rings (SSSR count). The highest BCUT2D eigenvalue weighted by atomic mass is 16.5. The Balaban J connectivity index is 1.48. The molecule has 0 radical (unpaired) electrons. The third kappa shape index (κ3) is 3.75. The van der Waals surface area contributed by atoms with Gasteiger partial charge in [0.2, 0.25) is 5.91 Å². The molecule has 29 heavy (non-hydrogen) atoms. The van der Waals surface area contributed by atoms with E-state index < -0.39 is 0 Å². The van der Waals surface area contributed by atoms with Crippen LogP contribution in [-0.2, 0) is 4.79 Å². The first-order valence-corrected chi connectivity index (χ1v) is 9.62. The van der Waals surface area contributed by atoms with Crippen LogP contribution in [0.4, 0.5) is 16.2 Å².